The Labute approximate surface area is 173 Å². The summed E-state index contributed by atoms with van der Waals surface area (Å²) in [5, 5.41) is 0. The number of rotatable bonds is 8. The molecule has 0 atom stereocenters. The minimum Gasteiger partial charge on any atom is -0.299 e. The summed E-state index contributed by atoms with van der Waals surface area (Å²) in [5.74, 6) is 0.373. The molecular formula is C26H31F2N. The molecule has 3 rings (SSSR count). The van der Waals surface area contributed by atoms with E-state index >= 15 is 0 Å². The third-order valence-electron chi connectivity index (χ3n) is 5.99. The number of hydrogen-bond donors (Lipinski definition) is 0. The van der Waals surface area contributed by atoms with Gasteiger partial charge in [-0.15, -0.1) is 0 Å². The third-order valence-corrected chi connectivity index (χ3v) is 5.99. The molecule has 1 aliphatic heterocycles. The molecule has 2 aromatic carbocycles. The van der Waals surface area contributed by atoms with Crippen molar-refractivity contribution in [3.8, 4) is 0 Å². The largest absolute Gasteiger partial charge is 0.299 e. The molecule has 29 heavy (non-hydrogen) atoms. The van der Waals surface area contributed by atoms with Gasteiger partial charge < -0.3 is 0 Å². The van der Waals surface area contributed by atoms with Crippen molar-refractivity contribution in [3.05, 3.63) is 83.9 Å². The number of likely N-dealkylation sites (tertiary alicyclic amines) is 1. The van der Waals surface area contributed by atoms with Crippen molar-refractivity contribution in [1.82, 2.24) is 4.90 Å². The van der Waals surface area contributed by atoms with Crippen LogP contribution >= 0.6 is 0 Å². The van der Waals surface area contributed by atoms with E-state index in [0.717, 1.165) is 66.7 Å². The fourth-order valence-corrected chi connectivity index (χ4v) is 4.26. The van der Waals surface area contributed by atoms with Crippen LogP contribution < -0.4 is 0 Å². The average Bonchev–Trinajstić information content (AvgIpc) is 2.70. The van der Waals surface area contributed by atoms with E-state index in [0.29, 0.717) is 5.92 Å². The van der Waals surface area contributed by atoms with E-state index in [1.54, 1.807) is 24.3 Å². The van der Waals surface area contributed by atoms with E-state index in [1.807, 2.05) is 13.0 Å². The minimum absolute atomic E-state index is 0.111. The molecule has 0 saturated carbocycles. The first-order chi connectivity index (χ1) is 13.9. The van der Waals surface area contributed by atoms with Crippen LogP contribution in [0.25, 0.3) is 11.1 Å². The lowest BCUT2D eigenvalue weighted by Crippen LogP contribution is -2.34. The molecule has 0 aliphatic carbocycles. The summed E-state index contributed by atoms with van der Waals surface area (Å²) >= 11 is 0. The summed E-state index contributed by atoms with van der Waals surface area (Å²) in [6, 6.07) is 11.8. The number of nitrogens with zero attached hydrogens (tertiary/aromatic N) is 1. The molecule has 1 heterocycles. The molecule has 3 heteroatoms. The first kappa shape index (κ1) is 21.4. The molecule has 1 nitrogen and oxygen atoms in total. The zero-order valence-corrected chi connectivity index (χ0v) is 17.4. The monoisotopic (exact) mass is 395 g/mol. The van der Waals surface area contributed by atoms with Crippen LogP contribution in [-0.2, 0) is 6.42 Å². The molecule has 0 N–H and O–H groups in total. The first-order valence-electron chi connectivity index (χ1n) is 10.5. The highest BCUT2D eigenvalue weighted by atomic mass is 19.1. The summed E-state index contributed by atoms with van der Waals surface area (Å²) < 4.78 is 27.3. The van der Waals surface area contributed by atoms with Crippen LogP contribution in [-0.4, -0.2) is 24.5 Å². The maximum atomic E-state index is 14.2. The Morgan fingerprint density at radius 1 is 1.03 bits per heavy atom. The Kier molecular flexibility index (Phi) is 7.38. The molecule has 0 spiro atoms. The van der Waals surface area contributed by atoms with Crippen LogP contribution in [0, 0.1) is 17.6 Å². The van der Waals surface area contributed by atoms with Crippen molar-refractivity contribution < 1.29 is 8.78 Å². The van der Waals surface area contributed by atoms with E-state index in [2.05, 4.69) is 18.1 Å². The molecule has 1 fully saturated rings. The van der Waals surface area contributed by atoms with Gasteiger partial charge in [0.15, 0.2) is 0 Å². The number of allylic oxidation sites excluding steroid dienone is 1. The number of piperidine rings is 1. The van der Waals surface area contributed by atoms with Crippen LogP contribution in [0.5, 0.6) is 0 Å². The fourth-order valence-electron chi connectivity index (χ4n) is 4.26. The van der Waals surface area contributed by atoms with Crippen LogP contribution in [0.4, 0.5) is 8.78 Å². The number of halogens is 2. The topological polar surface area (TPSA) is 3.24 Å². The van der Waals surface area contributed by atoms with Crippen molar-refractivity contribution in [2.45, 2.75) is 39.0 Å². The maximum Gasteiger partial charge on any atom is 0.127 e. The van der Waals surface area contributed by atoms with Gasteiger partial charge in [0.2, 0.25) is 0 Å². The normalized spacial score (nSPS) is 15.4. The van der Waals surface area contributed by atoms with Crippen molar-refractivity contribution >= 4 is 11.1 Å². The quantitative estimate of drug-likeness (QED) is 0.478. The second-order valence-corrected chi connectivity index (χ2v) is 8.27. The molecule has 0 radical (unpaired) electrons. The molecule has 2 aromatic rings. The SMILES string of the molecule is C=C(CN1CCC(CCCc2c(F)cccc2C(=C)C)CC1)c1ccc(F)cc1. The minimum atomic E-state index is -0.215. The van der Waals surface area contributed by atoms with E-state index < -0.39 is 0 Å². The molecule has 0 unspecified atom stereocenters. The Morgan fingerprint density at radius 3 is 2.38 bits per heavy atom. The summed E-state index contributed by atoms with van der Waals surface area (Å²) in [7, 11) is 0. The van der Waals surface area contributed by atoms with Crippen molar-refractivity contribution in [3.63, 3.8) is 0 Å². The van der Waals surface area contributed by atoms with Gasteiger partial charge in [-0.05, 0) is 92.1 Å². The van der Waals surface area contributed by atoms with Crippen molar-refractivity contribution in [2.24, 2.45) is 5.92 Å². The van der Waals surface area contributed by atoms with E-state index in [9.17, 15) is 8.78 Å². The lowest BCUT2D eigenvalue weighted by atomic mass is 9.89. The van der Waals surface area contributed by atoms with Gasteiger partial charge in [0.05, 0.1) is 0 Å². The van der Waals surface area contributed by atoms with Gasteiger partial charge in [-0.3, -0.25) is 4.90 Å². The second kappa shape index (κ2) is 9.98. The highest BCUT2D eigenvalue weighted by Gasteiger charge is 2.20. The third kappa shape index (κ3) is 5.86. The maximum absolute atomic E-state index is 14.2. The molecule has 154 valence electrons. The molecule has 0 bridgehead atoms. The van der Waals surface area contributed by atoms with Crippen molar-refractivity contribution in [1.29, 1.82) is 0 Å². The lowest BCUT2D eigenvalue weighted by Gasteiger charge is -2.32. The number of hydrogen-bond acceptors (Lipinski definition) is 1. The zero-order valence-electron chi connectivity index (χ0n) is 17.4. The summed E-state index contributed by atoms with van der Waals surface area (Å²) in [5.41, 5.74) is 4.74. The summed E-state index contributed by atoms with van der Waals surface area (Å²) in [6.45, 7) is 13.0. The first-order valence-corrected chi connectivity index (χ1v) is 10.5. The Balaban J connectivity index is 1.43. The molecule has 0 aromatic heterocycles. The van der Waals surface area contributed by atoms with E-state index in [4.69, 9.17) is 0 Å². The summed E-state index contributed by atoms with van der Waals surface area (Å²) in [6.07, 6.45) is 5.25. The van der Waals surface area contributed by atoms with E-state index in [-0.39, 0.29) is 11.6 Å². The van der Waals surface area contributed by atoms with Gasteiger partial charge >= 0.3 is 0 Å². The van der Waals surface area contributed by atoms with Crippen LogP contribution in [0.2, 0.25) is 0 Å². The lowest BCUT2D eigenvalue weighted by molar-refractivity contribution is 0.195. The molecule has 1 saturated heterocycles. The van der Waals surface area contributed by atoms with Crippen LogP contribution in [0.1, 0.15) is 49.3 Å². The molecule has 0 amide bonds. The average molecular weight is 396 g/mol. The van der Waals surface area contributed by atoms with Crippen LogP contribution in [0.15, 0.2) is 55.6 Å². The molecular weight excluding hydrogens is 364 g/mol. The van der Waals surface area contributed by atoms with E-state index in [1.165, 1.54) is 25.0 Å². The van der Waals surface area contributed by atoms with Gasteiger partial charge in [-0.2, -0.15) is 0 Å². The van der Waals surface area contributed by atoms with Gasteiger partial charge in [0.25, 0.3) is 0 Å². The van der Waals surface area contributed by atoms with Gasteiger partial charge in [0.1, 0.15) is 11.6 Å². The van der Waals surface area contributed by atoms with Gasteiger partial charge in [-0.25, -0.2) is 8.78 Å². The van der Waals surface area contributed by atoms with Crippen LogP contribution in [0.3, 0.4) is 0 Å². The van der Waals surface area contributed by atoms with Gasteiger partial charge in [0, 0.05) is 6.54 Å². The summed E-state index contributed by atoms with van der Waals surface area (Å²) in [4.78, 5) is 2.43. The Hall–Kier alpha value is -2.26. The second-order valence-electron chi connectivity index (χ2n) is 8.27. The predicted molar refractivity (Wildman–Crippen MR) is 119 cm³/mol. The molecule has 1 aliphatic rings. The fraction of sp³-hybridized carbons (Fsp3) is 0.385. The highest BCUT2D eigenvalue weighted by molar-refractivity contribution is 5.65. The standard InChI is InChI=1S/C26H31F2N/c1-19(2)24-7-5-9-26(28)25(24)8-4-6-21-14-16-29(17-15-21)18-20(3)22-10-12-23(27)13-11-22/h5,7,9-13,21H,1,3-4,6,8,14-18H2,2H3. The predicted octanol–water partition coefficient (Wildman–Crippen LogP) is 6.75. The smallest absolute Gasteiger partial charge is 0.127 e. The van der Waals surface area contributed by atoms with Gasteiger partial charge in [-0.1, -0.05) is 49.4 Å². The highest BCUT2D eigenvalue weighted by Crippen LogP contribution is 2.27. The van der Waals surface area contributed by atoms with Crippen molar-refractivity contribution in [2.75, 3.05) is 19.6 Å². The Morgan fingerprint density at radius 2 is 1.72 bits per heavy atom. The zero-order chi connectivity index (χ0) is 20.8. The number of benzene rings is 2. The Bertz CT molecular complexity index is 846.